The molecule has 3 rings (SSSR count). The van der Waals surface area contributed by atoms with Gasteiger partial charge in [-0.2, -0.15) is 18.3 Å². The van der Waals surface area contributed by atoms with Gasteiger partial charge < -0.3 is 5.32 Å². The van der Waals surface area contributed by atoms with Gasteiger partial charge in [-0.25, -0.2) is 19.5 Å². The Bertz CT molecular complexity index is 768. The molecule has 0 radical (unpaired) electrons. The smallest absolute Gasteiger partial charge is 0.346 e. The molecule has 10 heteroatoms. The summed E-state index contributed by atoms with van der Waals surface area (Å²) in [6, 6.07) is 1.29. The van der Waals surface area contributed by atoms with Gasteiger partial charge in [0, 0.05) is 18.3 Å². The van der Waals surface area contributed by atoms with E-state index in [1.807, 2.05) is 6.92 Å². The maximum absolute atomic E-state index is 12.3. The molecule has 23 heavy (non-hydrogen) atoms. The molecule has 0 saturated carbocycles. The topological polar surface area (TPSA) is 68.0 Å². The standard InChI is InChI=1S/C13H13F3N6S/c1-8(10-6-22-12(21-10)23-7-18-22)19-11-17-5-3-9(20-11)2-4-13(14,15)16/h3,5-8H,2,4H2,1H3,(H,17,19,20)/t8-/m1/s1. The zero-order valence-corrected chi connectivity index (χ0v) is 12.9. The second kappa shape index (κ2) is 6.11. The van der Waals surface area contributed by atoms with Gasteiger partial charge >= 0.3 is 6.18 Å². The van der Waals surface area contributed by atoms with Crippen LogP contribution >= 0.6 is 11.3 Å². The fourth-order valence-electron chi connectivity index (χ4n) is 2.01. The second-order valence-electron chi connectivity index (χ2n) is 4.98. The Balaban J connectivity index is 1.68. The van der Waals surface area contributed by atoms with E-state index in [1.54, 1.807) is 16.2 Å². The summed E-state index contributed by atoms with van der Waals surface area (Å²) >= 11 is 1.42. The van der Waals surface area contributed by atoms with Crippen molar-refractivity contribution in [2.45, 2.75) is 32.0 Å². The number of aryl methyl sites for hydroxylation is 1. The van der Waals surface area contributed by atoms with E-state index in [-0.39, 0.29) is 18.4 Å². The first kappa shape index (κ1) is 15.7. The van der Waals surface area contributed by atoms with E-state index < -0.39 is 12.6 Å². The lowest BCUT2D eigenvalue weighted by molar-refractivity contribution is -0.134. The van der Waals surface area contributed by atoms with Gasteiger partial charge in [-0.3, -0.25) is 0 Å². The number of hydrogen-bond acceptors (Lipinski definition) is 6. The Kier molecular flexibility index (Phi) is 4.16. The van der Waals surface area contributed by atoms with Crippen LogP contribution in [0.4, 0.5) is 19.1 Å². The summed E-state index contributed by atoms with van der Waals surface area (Å²) in [6.07, 6.45) is -2.03. The van der Waals surface area contributed by atoms with Crippen LogP contribution in [0.3, 0.4) is 0 Å². The van der Waals surface area contributed by atoms with E-state index in [0.29, 0.717) is 5.69 Å². The van der Waals surface area contributed by atoms with E-state index in [4.69, 9.17) is 0 Å². The molecule has 122 valence electrons. The van der Waals surface area contributed by atoms with Crippen molar-refractivity contribution in [1.82, 2.24) is 24.6 Å². The second-order valence-corrected chi connectivity index (χ2v) is 5.80. The maximum atomic E-state index is 12.3. The predicted octanol–water partition coefficient (Wildman–Crippen LogP) is 3.25. The van der Waals surface area contributed by atoms with Crippen molar-refractivity contribution >= 4 is 22.2 Å². The third kappa shape index (κ3) is 3.95. The molecule has 0 aromatic carbocycles. The molecule has 0 amide bonds. The van der Waals surface area contributed by atoms with Crippen molar-refractivity contribution in [3.8, 4) is 0 Å². The van der Waals surface area contributed by atoms with E-state index in [9.17, 15) is 13.2 Å². The molecule has 0 aliphatic carbocycles. The number of hydrogen-bond donors (Lipinski definition) is 1. The number of halogens is 3. The highest BCUT2D eigenvalue weighted by atomic mass is 32.1. The molecule has 0 unspecified atom stereocenters. The van der Waals surface area contributed by atoms with Crippen LogP contribution in [0.1, 0.15) is 30.8 Å². The van der Waals surface area contributed by atoms with Crippen LogP contribution in [0.25, 0.3) is 4.96 Å². The molecule has 1 atom stereocenters. The minimum Gasteiger partial charge on any atom is -0.346 e. The van der Waals surface area contributed by atoms with E-state index in [1.165, 1.54) is 23.6 Å². The van der Waals surface area contributed by atoms with Crippen LogP contribution in [-0.4, -0.2) is 30.7 Å². The number of rotatable bonds is 5. The molecule has 1 N–H and O–H groups in total. The lowest BCUT2D eigenvalue weighted by Crippen LogP contribution is -2.12. The van der Waals surface area contributed by atoms with Crippen molar-refractivity contribution in [2.75, 3.05) is 5.32 Å². The van der Waals surface area contributed by atoms with Crippen molar-refractivity contribution in [3.63, 3.8) is 0 Å². The van der Waals surface area contributed by atoms with Crippen molar-refractivity contribution < 1.29 is 13.2 Å². The summed E-state index contributed by atoms with van der Waals surface area (Å²) in [6.45, 7) is 1.87. The zero-order valence-electron chi connectivity index (χ0n) is 12.1. The number of imidazole rings is 1. The van der Waals surface area contributed by atoms with Crippen LogP contribution in [0.2, 0.25) is 0 Å². The molecule has 3 heterocycles. The maximum Gasteiger partial charge on any atom is 0.389 e. The van der Waals surface area contributed by atoms with Crippen LogP contribution in [-0.2, 0) is 6.42 Å². The van der Waals surface area contributed by atoms with Gasteiger partial charge in [0.05, 0.1) is 17.9 Å². The Hall–Kier alpha value is -2.23. The quantitative estimate of drug-likeness (QED) is 0.771. The highest BCUT2D eigenvalue weighted by Crippen LogP contribution is 2.22. The fourth-order valence-corrected chi connectivity index (χ4v) is 2.62. The summed E-state index contributed by atoms with van der Waals surface area (Å²) in [5.74, 6) is 0.279. The van der Waals surface area contributed by atoms with Gasteiger partial charge in [-0.1, -0.05) is 11.3 Å². The minimum atomic E-state index is -4.19. The van der Waals surface area contributed by atoms with Gasteiger partial charge in [0.2, 0.25) is 10.9 Å². The SMILES string of the molecule is C[C@@H](Nc1nccc(CCC(F)(F)F)n1)c1cn2ncsc2n1. The Labute approximate surface area is 133 Å². The number of anilines is 1. The summed E-state index contributed by atoms with van der Waals surface area (Å²) in [5.41, 5.74) is 2.80. The third-order valence-corrected chi connectivity index (χ3v) is 3.86. The molecule has 0 spiro atoms. The van der Waals surface area contributed by atoms with Gasteiger partial charge in [0.1, 0.15) is 5.51 Å². The normalized spacial score (nSPS) is 13.4. The monoisotopic (exact) mass is 342 g/mol. The first-order valence-corrected chi connectivity index (χ1v) is 7.73. The minimum absolute atomic E-state index is 0.167. The molecule has 6 nitrogen and oxygen atoms in total. The van der Waals surface area contributed by atoms with Crippen molar-refractivity contribution in [2.24, 2.45) is 0 Å². The summed E-state index contributed by atoms with van der Waals surface area (Å²) in [4.78, 5) is 13.3. The van der Waals surface area contributed by atoms with Gasteiger partial charge in [-0.05, 0) is 19.4 Å². The molecule has 0 aliphatic heterocycles. The van der Waals surface area contributed by atoms with Gasteiger partial charge in [-0.15, -0.1) is 0 Å². The molecular weight excluding hydrogens is 329 g/mol. The zero-order chi connectivity index (χ0) is 16.4. The van der Waals surface area contributed by atoms with Crippen molar-refractivity contribution in [3.05, 3.63) is 35.4 Å². The Morgan fingerprint density at radius 1 is 1.35 bits per heavy atom. The van der Waals surface area contributed by atoms with E-state index >= 15 is 0 Å². The number of nitrogens with zero attached hydrogens (tertiary/aromatic N) is 5. The third-order valence-electron chi connectivity index (χ3n) is 3.17. The largest absolute Gasteiger partial charge is 0.389 e. The van der Waals surface area contributed by atoms with Gasteiger partial charge in [0.25, 0.3) is 0 Å². The summed E-state index contributed by atoms with van der Waals surface area (Å²) in [5, 5.41) is 7.14. The Morgan fingerprint density at radius 2 is 2.17 bits per heavy atom. The highest BCUT2D eigenvalue weighted by Gasteiger charge is 2.26. The first-order chi connectivity index (χ1) is 10.9. The Morgan fingerprint density at radius 3 is 2.91 bits per heavy atom. The lowest BCUT2D eigenvalue weighted by Gasteiger charge is -2.12. The van der Waals surface area contributed by atoms with Crippen molar-refractivity contribution in [1.29, 1.82) is 0 Å². The number of nitrogens with one attached hydrogen (secondary N) is 1. The van der Waals surface area contributed by atoms with Crippen LogP contribution in [0.5, 0.6) is 0 Å². The molecule has 0 fully saturated rings. The highest BCUT2D eigenvalue weighted by molar-refractivity contribution is 7.14. The molecule has 0 aliphatic rings. The lowest BCUT2D eigenvalue weighted by atomic mass is 10.2. The average Bonchev–Trinajstić information content (AvgIpc) is 3.06. The number of aromatic nitrogens is 5. The molecule has 0 bridgehead atoms. The average molecular weight is 342 g/mol. The summed E-state index contributed by atoms with van der Waals surface area (Å²) < 4.78 is 38.5. The number of alkyl halides is 3. The van der Waals surface area contributed by atoms with E-state index in [2.05, 4.69) is 25.4 Å². The van der Waals surface area contributed by atoms with Crippen LogP contribution in [0.15, 0.2) is 24.0 Å². The molecular formula is C13H13F3N6S. The van der Waals surface area contributed by atoms with Crippen LogP contribution in [0, 0.1) is 0 Å². The predicted molar refractivity (Wildman–Crippen MR) is 79.3 cm³/mol. The van der Waals surface area contributed by atoms with E-state index in [0.717, 1.165) is 10.7 Å². The number of fused-ring (bicyclic) bond motifs is 1. The molecule has 3 aromatic rings. The van der Waals surface area contributed by atoms with Crippen LogP contribution < -0.4 is 5.32 Å². The molecule has 3 aromatic heterocycles. The molecule has 0 saturated heterocycles. The first-order valence-electron chi connectivity index (χ1n) is 6.85. The fraction of sp³-hybridized carbons (Fsp3) is 0.385. The summed E-state index contributed by atoms with van der Waals surface area (Å²) in [7, 11) is 0. The van der Waals surface area contributed by atoms with Gasteiger partial charge in [0.15, 0.2) is 0 Å².